The molecule has 11 heteroatoms. The number of aromatic nitrogens is 1. The Morgan fingerprint density at radius 2 is 2.00 bits per heavy atom. The molecule has 3 aromatic rings. The minimum absolute atomic E-state index is 0.0129. The summed E-state index contributed by atoms with van der Waals surface area (Å²) in [5, 5.41) is 11.1. The summed E-state index contributed by atoms with van der Waals surface area (Å²) in [5.41, 5.74) is 0.588. The Kier molecular flexibility index (Phi) is 6.44. The fourth-order valence-electron chi connectivity index (χ4n) is 2.88. The van der Waals surface area contributed by atoms with Gasteiger partial charge >= 0.3 is 0 Å². The number of carbonyl (C=O) groups excluding carboxylic acids is 1. The first-order valence-electron chi connectivity index (χ1n) is 8.96. The summed E-state index contributed by atoms with van der Waals surface area (Å²) in [6.45, 7) is 2.21. The number of ether oxygens (including phenoxy) is 1. The fraction of sp³-hybridized carbons (Fsp3) is 0.263. The first-order valence-corrected chi connectivity index (χ1v) is 11.4. The fourth-order valence-corrected chi connectivity index (χ4v) is 5.05. The number of amides is 1. The van der Waals surface area contributed by atoms with Crippen molar-refractivity contribution in [1.29, 1.82) is 0 Å². The number of benzene rings is 2. The van der Waals surface area contributed by atoms with Gasteiger partial charge in [0.05, 0.1) is 38.0 Å². The number of nitro groups is 1. The zero-order valence-electron chi connectivity index (χ0n) is 16.3. The molecule has 0 bridgehead atoms. The Balaban J connectivity index is 2.18. The third-order valence-electron chi connectivity index (χ3n) is 4.43. The lowest BCUT2D eigenvalue weighted by atomic mass is 10.2. The molecule has 0 spiro atoms. The lowest BCUT2D eigenvalue weighted by Gasteiger charge is -2.06. The van der Waals surface area contributed by atoms with Crippen molar-refractivity contribution >= 4 is 43.0 Å². The lowest BCUT2D eigenvalue weighted by Crippen LogP contribution is -2.20. The van der Waals surface area contributed by atoms with Crippen LogP contribution in [0.1, 0.15) is 17.3 Å². The highest BCUT2D eigenvalue weighted by Crippen LogP contribution is 2.24. The molecule has 0 atom stereocenters. The standard InChI is InChI=1S/C19H19N3O6S2/c1-3-30(26,27)17-7-5-4-6-14(17)18(23)20-19-21(10-11-28-2)15-9-8-13(22(24)25)12-16(15)29-19/h4-9,12H,3,10-11H2,1-2H3. The first-order chi connectivity index (χ1) is 14.3. The Labute approximate surface area is 176 Å². The Hall–Kier alpha value is -2.89. The topological polar surface area (TPSA) is 121 Å². The molecule has 0 unspecified atom stereocenters. The predicted molar refractivity (Wildman–Crippen MR) is 112 cm³/mol. The molecule has 0 aliphatic rings. The number of sulfone groups is 1. The average molecular weight is 450 g/mol. The van der Waals surface area contributed by atoms with Gasteiger partial charge in [0.2, 0.25) is 0 Å². The van der Waals surface area contributed by atoms with Gasteiger partial charge in [0.1, 0.15) is 0 Å². The molecule has 3 rings (SSSR count). The molecule has 0 aliphatic heterocycles. The van der Waals surface area contributed by atoms with Crippen LogP contribution in [-0.4, -0.2) is 43.3 Å². The Morgan fingerprint density at radius 3 is 2.67 bits per heavy atom. The van der Waals surface area contributed by atoms with Crippen molar-refractivity contribution in [1.82, 2.24) is 4.57 Å². The maximum atomic E-state index is 12.9. The molecular formula is C19H19N3O6S2. The minimum atomic E-state index is -3.61. The van der Waals surface area contributed by atoms with Crippen LogP contribution in [0.3, 0.4) is 0 Å². The smallest absolute Gasteiger partial charge is 0.280 e. The van der Waals surface area contributed by atoms with Gasteiger partial charge in [-0.3, -0.25) is 14.9 Å². The highest BCUT2D eigenvalue weighted by atomic mass is 32.2. The number of fused-ring (bicyclic) bond motifs is 1. The van der Waals surface area contributed by atoms with Crippen LogP contribution in [0, 0.1) is 10.1 Å². The van der Waals surface area contributed by atoms with E-state index in [1.807, 2.05) is 0 Å². The normalized spacial score (nSPS) is 12.4. The van der Waals surface area contributed by atoms with E-state index >= 15 is 0 Å². The van der Waals surface area contributed by atoms with E-state index in [2.05, 4.69) is 4.99 Å². The van der Waals surface area contributed by atoms with Gasteiger partial charge in [-0.2, -0.15) is 4.99 Å². The van der Waals surface area contributed by atoms with E-state index in [1.165, 1.54) is 38.3 Å². The number of nitrogens with zero attached hydrogens (tertiary/aromatic N) is 3. The third-order valence-corrected chi connectivity index (χ3v) is 7.25. The third kappa shape index (κ3) is 4.32. The summed E-state index contributed by atoms with van der Waals surface area (Å²) in [5.74, 6) is -0.840. The van der Waals surface area contributed by atoms with Crippen molar-refractivity contribution in [3.63, 3.8) is 0 Å². The van der Waals surface area contributed by atoms with Gasteiger partial charge in [0, 0.05) is 25.8 Å². The Morgan fingerprint density at radius 1 is 1.27 bits per heavy atom. The lowest BCUT2D eigenvalue weighted by molar-refractivity contribution is -0.384. The summed E-state index contributed by atoms with van der Waals surface area (Å²) < 4.78 is 32.1. The van der Waals surface area contributed by atoms with E-state index in [9.17, 15) is 23.3 Å². The van der Waals surface area contributed by atoms with Crippen LogP contribution in [0.4, 0.5) is 5.69 Å². The molecule has 1 heterocycles. The maximum absolute atomic E-state index is 12.9. The van der Waals surface area contributed by atoms with Crippen molar-refractivity contribution < 1.29 is 22.9 Å². The Bertz CT molecular complexity index is 1290. The highest BCUT2D eigenvalue weighted by Gasteiger charge is 2.21. The van der Waals surface area contributed by atoms with Crippen LogP contribution in [0.5, 0.6) is 0 Å². The molecule has 0 radical (unpaired) electrons. The second-order valence-corrected chi connectivity index (χ2v) is 9.51. The number of hydrogen-bond acceptors (Lipinski definition) is 7. The van der Waals surface area contributed by atoms with Crippen LogP contribution in [0.25, 0.3) is 10.2 Å². The molecule has 1 aromatic heterocycles. The number of non-ortho nitro benzene ring substituents is 1. The van der Waals surface area contributed by atoms with E-state index in [-0.39, 0.29) is 21.9 Å². The van der Waals surface area contributed by atoms with Crippen LogP contribution >= 0.6 is 11.3 Å². The zero-order valence-corrected chi connectivity index (χ0v) is 17.9. The summed E-state index contributed by atoms with van der Waals surface area (Å²) in [7, 11) is -2.07. The highest BCUT2D eigenvalue weighted by molar-refractivity contribution is 7.91. The van der Waals surface area contributed by atoms with E-state index in [1.54, 1.807) is 22.8 Å². The molecule has 0 aliphatic carbocycles. The zero-order chi connectivity index (χ0) is 21.9. The molecule has 158 valence electrons. The number of nitro benzene ring substituents is 1. The molecular weight excluding hydrogens is 430 g/mol. The second kappa shape index (κ2) is 8.86. The van der Waals surface area contributed by atoms with Crippen LogP contribution < -0.4 is 4.80 Å². The van der Waals surface area contributed by atoms with Crippen LogP contribution in [-0.2, 0) is 21.1 Å². The monoisotopic (exact) mass is 449 g/mol. The number of methoxy groups -OCH3 is 1. The van der Waals surface area contributed by atoms with E-state index in [4.69, 9.17) is 4.74 Å². The van der Waals surface area contributed by atoms with Crippen molar-refractivity contribution in [3.8, 4) is 0 Å². The minimum Gasteiger partial charge on any atom is -0.383 e. The van der Waals surface area contributed by atoms with Gasteiger partial charge < -0.3 is 9.30 Å². The molecule has 1 amide bonds. The van der Waals surface area contributed by atoms with Crippen molar-refractivity contribution in [2.45, 2.75) is 18.4 Å². The molecule has 0 N–H and O–H groups in total. The summed E-state index contributed by atoms with van der Waals surface area (Å²) in [6, 6.07) is 10.3. The number of hydrogen-bond donors (Lipinski definition) is 0. The SMILES string of the molecule is CCS(=O)(=O)c1ccccc1C(=O)N=c1sc2cc([N+](=O)[O-])ccc2n1CCOC. The van der Waals surface area contributed by atoms with Gasteiger partial charge in [-0.05, 0) is 18.2 Å². The van der Waals surface area contributed by atoms with Crippen LogP contribution in [0.2, 0.25) is 0 Å². The predicted octanol–water partition coefficient (Wildman–Crippen LogP) is 2.79. The molecule has 0 saturated carbocycles. The summed E-state index contributed by atoms with van der Waals surface area (Å²) in [4.78, 5) is 27.9. The van der Waals surface area contributed by atoms with Crippen LogP contribution in [0.15, 0.2) is 52.4 Å². The molecule has 9 nitrogen and oxygen atoms in total. The van der Waals surface area contributed by atoms with Gasteiger partial charge in [-0.15, -0.1) is 0 Å². The van der Waals surface area contributed by atoms with E-state index in [0.717, 1.165) is 11.3 Å². The van der Waals surface area contributed by atoms with Crippen molar-refractivity contribution in [2.75, 3.05) is 19.5 Å². The van der Waals surface area contributed by atoms with E-state index in [0.29, 0.717) is 28.2 Å². The number of rotatable bonds is 7. The van der Waals surface area contributed by atoms with Gasteiger partial charge in [-0.25, -0.2) is 8.42 Å². The van der Waals surface area contributed by atoms with Gasteiger partial charge in [0.15, 0.2) is 14.6 Å². The molecule has 2 aromatic carbocycles. The molecule has 0 saturated heterocycles. The van der Waals surface area contributed by atoms with Gasteiger partial charge in [0.25, 0.3) is 11.6 Å². The number of carbonyl (C=O) groups is 1. The second-order valence-electron chi connectivity index (χ2n) is 6.25. The first kappa shape index (κ1) is 21.8. The molecule has 0 fully saturated rings. The molecule has 30 heavy (non-hydrogen) atoms. The van der Waals surface area contributed by atoms with Crippen molar-refractivity contribution in [2.24, 2.45) is 4.99 Å². The quantitative estimate of drug-likeness (QED) is 0.404. The summed E-state index contributed by atoms with van der Waals surface area (Å²) >= 11 is 1.11. The van der Waals surface area contributed by atoms with Gasteiger partial charge in [-0.1, -0.05) is 30.4 Å². The summed E-state index contributed by atoms with van der Waals surface area (Å²) in [6.07, 6.45) is 0. The number of thiazole rings is 1. The average Bonchev–Trinajstić information content (AvgIpc) is 3.08. The van der Waals surface area contributed by atoms with E-state index < -0.39 is 20.7 Å². The largest absolute Gasteiger partial charge is 0.383 e. The maximum Gasteiger partial charge on any atom is 0.280 e. The van der Waals surface area contributed by atoms with Crippen molar-refractivity contribution in [3.05, 3.63) is 62.9 Å².